The number of aromatic nitrogens is 3. The maximum atomic E-state index is 13.1. The SMILES string of the molecule is CC(C)COc1ccc(-c2ccc3nc4c(n3n2)[C@@H](c2ccccc2OC(F)F)NC[C@H]4O)cc1. The fraction of sp³-hybridized carbons (Fsp3) is 0.308. The fourth-order valence-electron chi connectivity index (χ4n) is 4.22. The molecule has 0 spiro atoms. The second kappa shape index (κ2) is 9.59. The van der Waals surface area contributed by atoms with Crippen LogP contribution < -0.4 is 14.8 Å². The molecule has 0 aliphatic carbocycles. The highest BCUT2D eigenvalue weighted by Gasteiger charge is 2.34. The van der Waals surface area contributed by atoms with Crippen molar-refractivity contribution in [3.05, 3.63) is 77.6 Å². The number of benzene rings is 2. The summed E-state index contributed by atoms with van der Waals surface area (Å²) in [6.45, 7) is 2.09. The van der Waals surface area contributed by atoms with Gasteiger partial charge in [-0.3, -0.25) is 0 Å². The van der Waals surface area contributed by atoms with Crippen LogP contribution in [-0.2, 0) is 0 Å². The van der Waals surface area contributed by atoms with Crippen LogP contribution in [0, 0.1) is 5.92 Å². The number of aliphatic hydroxyl groups excluding tert-OH is 1. The molecule has 5 rings (SSSR count). The van der Waals surface area contributed by atoms with Gasteiger partial charge in [0.15, 0.2) is 5.65 Å². The van der Waals surface area contributed by atoms with Gasteiger partial charge >= 0.3 is 6.61 Å². The van der Waals surface area contributed by atoms with Gasteiger partial charge in [-0.05, 0) is 48.4 Å². The molecule has 3 heterocycles. The second-order valence-electron chi connectivity index (χ2n) is 8.87. The molecular formula is C26H26F2N4O3. The molecule has 2 aromatic carbocycles. The Morgan fingerprint density at radius 3 is 2.60 bits per heavy atom. The van der Waals surface area contributed by atoms with E-state index in [-0.39, 0.29) is 12.3 Å². The quantitative estimate of drug-likeness (QED) is 0.397. The number of aliphatic hydroxyl groups is 1. The number of halogens is 2. The molecule has 0 radical (unpaired) electrons. The normalized spacial score (nSPS) is 17.7. The molecule has 0 amide bonds. The summed E-state index contributed by atoms with van der Waals surface area (Å²) in [4.78, 5) is 4.59. The van der Waals surface area contributed by atoms with Crippen LogP contribution in [0.2, 0.25) is 0 Å². The number of ether oxygens (including phenoxy) is 2. The molecule has 2 atom stereocenters. The van der Waals surface area contributed by atoms with Crippen molar-refractivity contribution in [1.82, 2.24) is 19.9 Å². The summed E-state index contributed by atoms with van der Waals surface area (Å²) in [5, 5.41) is 18.6. The van der Waals surface area contributed by atoms with Crippen molar-refractivity contribution in [2.24, 2.45) is 5.92 Å². The molecule has 35 heavy (non-hydrogen) atoms. The van der Waals surface area contributed by atoms with Crippen LogP contribution in [0.25, 0.3) is 16.9 Å². The topological polar surface area (TPSA) is 80.9 Å². The van der Waals surface area contributed by atoms with E-state index in [1.54, 1.807) is 22.7 Å². The van der Waals surface area contributed by atoms with Gasteiger partial charge in [0, 0.05) is 17.7 Å². The number of alkyl halides is 2. The third kappa shape index (κ3) is 4.69. The third-order valence-electron chi connectivity index (χ3n) is 5.82. The Hall–Kier alpha value is -3.56. The summed E-state index contributed by atoms with van der Waals surface area (Å²) >= 11 is 0. The molecular weight excluding hydrogens is 454 g/mol. The van der Waals surface area contributed by atoms with Crippen molar-refractivity contribution in [2.45, 2.75) is 32.6 Å². The second-order valence-corrected chi connectivity index (χ2v) is 8.87. The Morgan fingerprint density at radius 2 is 1.86 bits per heavy atom. The number of fused-ring (bicyclic) bond motifs is 3. The van der Waals surface area contributed by atoms with Gasteiger partial charge in [0.1, 0.15) is 17.6 Å². The molecule has 0 saturated heterocycles. The Labute approximate surface area is 201 Å². The van der Waals surface area contributed by atoms with Crippen molar-refractivity contribution < 1.29 is 23.4 Å². The maximum Gasteiger partial charge on any atom is 0.387 e. The predicted molar refractivity (Wildman–Crippen MR) is 127 cm³/mol. The highest BCUT2D eigenvalue weighted by atomic mass is 19.3. The van der Waals surface area contributed by atoms with Gasteiger partial charge in [0.2, 0.25) is 0 Å². The van der Waals surface area contributed by atoms with Crippen molar-refractivity contribution in [2.75, 3.05) is 13.2 Å². The van der Waals surface area contributed by atoms with E-state index >= 15 is 0 Å². The Morgan fingerprint density at radius 1 is 1.09 bits per heavy atom. The van der Waals surface area contributed by atoms with Gasteiger partial charge in [0.05, 0.1) is 29.7 Å². The average molecular weight is 481 g/mol. The van der Waals surface area contributed by atoms with Crippen LogP contribution in [0.1, 0.15) is 42.9 Å². The molecule has 0 bridgehead atoms. The number of hydrogen-bond donors (Lipinski definition) is 2. The predicted octanol–water partition coefficient (Wildman–Crippen LogP) is 4.76. The minimum Gasteiger partial charge on any atom is -0.493 e. The maximum absolute atomic E-state index is 13.1. The highest BCUT2D eigenvalue weighted by molar-refractivity contribution is 5.62. The summed E-state index contributed by atoms with van der Waals surface area (Å²) < 4.78 is 38.3. The molecule has 0 saturated carbocycles. The Bertz CT molecular complexity index is 1320. The molecule has 9 heteroatoms. The third-order valence-corrected chi connectivity index (χ3v) is 5.82. The van der Waals surface area contributed by atoms with Gasteiger partial charge in [-0.15, -0.1) is 0 Å². The zero-order valence-corrected chi connectivity index (χ0v) is 19.4. The standard InChI is InChI=1S/C26H26F2N4O3/c1-15(2)14-34-17-9-7-16(8-10-17)19-11-12-22-30-24-20(33)13-29-23(25(24)32(22)31-19)18-5-3-4-6-21(18)35-26(27)28/h3-12,15,20,23,26,29,33H,13-14H2,1-2H3/t20-,23-/m1/s1. The number of rotatable bonds is 7. The summed E-state index contributed by atoms with van der Waals surface area (Å²) in [5.41, 5.74) is 3.69. The van der Waals surface area contributed by atoms with E-state index in [0.29, 0.717) is 40.8 Å². The number of para-hydroxylation sites is 1. The van der Waals surface area contributed by atoms with Crippen molar-refractivity contribution >= 4 is 5.65 Å². The molecule has 0 unspecified atom stereocenters. The molecule has 1 aliphatic heterocycles. The Balaban J connectivity index is 1.56. The van der Waals surface area contributed by atoms with Crippen LogP contribution in [-0.4, -0.2) is 39.5 Å². The van der Waals surface area contributed by atoms with Crippen LogP contribution >= 0.6 is 0 Å². The first-order valence-corrected chi connectivity index (χ1v) is 11.5. The van der Waals surface area contributed by atoms with Gasteiger partial charge in [-0.2, -0.15) is 13.9 Å². The minimum absolute atomic E-state index is 0.0606. The van der Waals surface area contributed by atoms with Gasteiger partial charge in [-0.1, -0.05) is 32.0 Å². The van der Waals surface area contributed by atoms with E-state index in [2.05, 4.69) is 24.1 Å². The minimum atomic E-state index is -2.95. The first-order valence-electron chi connectivity index (χ1n) is 11.5. The van der Waals surface area contributed by atoms with E-state index in [1.165, 1.54) is 6.07 Å². The highest BCUT2D eigenvalue weighted by Crippen LogP contribution is 2.37. The van der Waals surface area contributed by atoms with Gasteiger partial charge in [0.25, 0.3) is 0 Å². The van der Waals surface area contributed by atoms with Crippen LogP contribution in [0.4, 0.5) is 8.78 Å². The number of nitrogens with zero attached hydrogens (tertiary/aromatic N) is 3. The van der Waals surface area contributed by atoms with Crippen LogP contribution in [0.5, 0.6) is 11.5 Å². The summed E-state index contributed by atoms with van der Waals surface area (Å²) in [6, 6.07) is 17.4. The van der Waals surface area contributed by atoms with Crippen LogP contribution in [0.15, 0.2) is 60.7 Å². The molecule has 182 valence electrons. The summed E-state index contributed by atoms with van der Waals surface area (Å²) in [5.74, 6) is 1.27. The van der Waals surface area contributed by atoms with Gasteiger partial charge in [-0.25, -0.2) is 9.50 Å². The zero-order chi connectivity index (χ0) is 24.5. The van der Waals surface area contributed by atoms with E-state index in [1.807, 2.05) is 36.4 Å². The smallest absolute Gasteiger partial charge is 0.387 e. The average Bonchev–Trinajstić information content (AvgIpc) is 3.23. The number of imidazole rings is 1. The summed E-state index contributed by atoms with van der Waals surface area (Å²) in [6.07, 6.45) is -0.855. The van der Waals surface area contributed by atoms with Crippen LogP contribution in [0.3, 0.4) is 0 Å². The molecule has 2 aromatic heterocycles. The van der Waals surface area contributed by atoms with Gasteiger partial charge < -0.3 is 19.9 Å². The van der Waals surface area contributed by atoms with E-state index in [4.69, 9.17) is 14.6 Å². The lowest BCUT2D eigenvalue weighted by Gasteiger charge is -2.28. The van der Waals surface area contributed by atoms with E-state index in [9.17, 15) is 13.9 Å². The van der Waals surface area contributed by atoms with Crippen molar-refractivity contribution in [3.8, 4) is 22.8 Å². The molecule has 2 N–H and O–H groups in total. The van der Waals surface area contributed by atoms with E-state index < -0.39 is 18.8 Å². The Kier molecular flexibility index (Phi) is 6.36. The number of hydrogen-bond acceptors (Lipinski definition) is 6. The molecule has 0 fully saturated rings. The molecule has 1 aliphatic rings. The number of nitrogens with one attached hydrogen (secondary N) is 1. The largest absolute Gasteiger partial charge is 0.493 e. The van der Waals surface area contributed by atoms with E-state index in [0.717, 1.165) is 11.3 Å². The molecule has 7 nitrogen and oxygen atoms in total. The lowest BCUT2D eigenvalue weighted by atomic mass is 9.96. The zero-order valence-electron chi connectivity index (χ0n) is 19.4. The van der Waals surface area contributed by atoms with Crippen molar-refractivity contribution in [1.29, 1.82) is 0 Å². The summed E-state index contributed by atoms with van der Waals surface area (Å²) in [7, 11) is 0. The lowest BCUT2D eigenvalue weighted by Crippen LogP contribution is -2.35. The number of β-amino-alcohol motifs (C(OH)–C–C–N with tert-alkyl or cyclic N) is 1. The fourth-order valence-corrected chi connectivity index (χ4v) is 4.22. The lowest BCUT2D eigenvalue weighted by molar-refractivity contribution is -0.0507. The monoisotopic (exact) mass is 480 g/mol. The van der Waals surface area contributed by atoms with Crippen molar-refractivity contribution in [3.63, 3.8) is 0 Å². The first kappa shape index (κ1) is 23.2. The first-order chi connectivity index (χ1) is 16.9. The molecule has 4 aromatic rings.